The lowest BCUT2D eigenvalue weighted by Crippen LogP contribution is -2.38. The first-order chi connectivity index (χ1) is 13.7. The first-order valence-electron chi connectivity index (χ1n) is 9.88. The summed E-state index contributed by atoms with van der Waals surface area (Å²) in [4.78, 5) is 18.7. The molecule has 0 radical (unpaired) electrons. The van der Waals surface area contributed by atoms with E-state index in [1.165, 1.54) is 12.8 Å². The molecule has 8 heteroatoms. The maximum atomic E-state index is 9.32. The van der Waals surface area contributed by atoms with Crippen molar-refractivity contribution in [2.75, 3.05) is 35.2 Å². The van der Waals surface area contributed by atoms with Crippen molar-refractivity contribution < 1.29 is 4.74 Å². The fraction of sp³-hybridized carbons (Fsp3) is 0.500. The zero-order valence-corrected chi connectivity index (χ0v) is 15.5. The number of nitrogens with two attached hydrogens (primary N) is 1. The SMILES string of the molecule is N#Cc1cc(-c2cc(N3CC4CC3CO4)nc(N3CC4CC3C4)n2)cnc1N. The van der Waals surface area contributed by atoms with E-state index in [1.807, 2.05) is 6.07 Å². The minimum atomic E-state index is 0.245. The summed E-state index contributed by atoms with van der Waals surface area (Å²) in [6, 6.07) is 6.83. The number of anilines is 3. The van der Waals surface area contributed by atoms with Gasteiger partial charge in [0.1, 0.15) is 17.7 Å². The van der Waals surface area contributed by atoms with Crippen molar-refractivity contribution in [2.45, 2.75) is 37.5 Å². The van der Waals surface area contributed by atoms with Crippen LogP contribution in [-0.4, -0.2) is 52.8 Å². The van der Waals surface area contributed by atoms with E-state index < -0.39 is 0 Å². The number of aromatic nitrogens is 3. The number of nitrogen functional groups attached to an aromatic ring is 1. The van der Waals surface area contributed by atoms with E-state index in [1.54, 1.807) is 12.3 Å². The van der Waals surface area contributed by atoms with Crippen molar-refractivity contribution >= 4 is 17.6 Å². The van der Waals surface area contributed by atoms with Crippen molar-refractivity contribution in [3.63, 3.8) is 0 Å². The molecule has 2 aromatic heterocycles. The van der Waals surface area contributed by atoms with Crippen molar-refractivity contribution in [2.24, 2.45) is 5.92 Å². The molecular weight excluding hydrogens is 354 g/mol. The summed E-state index contributed by atoms with van der Waals surface area (Å²) in [7, 11) is 0. The minimum absolute atomic E-state index is 0.245. The first-order valence-corrected chi connectivity index (χ1v) is 9.88. The van der Waals surface area contributed by atoms with Crippen molar-refractivity contribution in [1.82, 2.24) is 15.0 Å². The predicted octanol–water partition coefficient (Wildman–Crippen LogP) is 1.57. The Morgan fingerprint density at radius 2 is 2.00 bits per heavy atom. The number of ether oxygens (including phenoxy) is 1. The van der Waals surface area contributed by atoms with Gasteiger partial charge in [-0.2, -0.15) is 10.2 Å². The molecule has 5 fully saturated rings. The fourth-order valence-corrected chi connectivity index (χ4v) is 5.01. The van der Waals surface area contributed by atoms with Gasteiger partial charge in [0.2, 0.25) is 5.95 Å². The molecule has 2 aromatic rings. The lowest BCUT2D eigenvalue weighted by Gasteiger charge is -2.30. The van der Waals surface area contributed by atoms with Crippen LogP contribution < -0.4 is 15.5 Å². The Morgan fingerprint density at radius 1 is 1.11 bits per heavy atom. The van der Waals surface area contributed by atoms with Gasteiger partial charge in [-0.3, -0.25) is 0 Å². The summed E-state index contributed by atoms with van der Waals surface area (Å²) >= 11 is 0. The zero-order valence-electron chi connectivity index (χ0n) is 15.5. The Balaban J connectivity index is 1.45. The van der Waals surface area contributed by atoms with Crippen LogP contribution in [0.5, 0.6) is 0 Å². The van der Waals surface area contributed by atoms with E-state index >= 15 is 0 Å². The number of pyridine rings is 1. The van der Waals surface area contributed by atoms with Crippen LogP contribution in [0.3, 0.4) is 0 Å². The monoisotopic (exact) mass is 375 g/mol. The zero-order chi connectivity index (χ0) is 18.8. The molecule has 0 amide bonds. The predicted molar refractivity (Wildman–Crippen MR) is 104 cm³/mol. The summed E-state index contributed by atoms with van der Waals surface area (Å²) in [5, 5.41) is 9.32. The third-order valence-electron chi connectivity index (χ3n) is 6.59. The van der Waals surface area contributed by atoms with E-state index in [4.69, 9.17) is 20.4 Å². The molecule has 28 heavy (non-hydrogen) atoms. The van der Waals surface area contributed by atoms with E-state index in [2.05, 4.69) is 20.9 Å². The Bertz CT molecular complexity index is 997. The van der Waals surface area contributed by atoms with Crippen molar-refractivity contribution in [1.29, 1.82) is 5.26 Å². The topological polar surface area (TPSA) is 104 Å². The molecule has 7 rings (SSSR count). The largest absolute Gasteiger partial charge is 0.383 e. The van der Waals surface area contributed by atoms with Crippen molar-refractivity contribution in [3.8, 4) is 17.3 Å². The molecule has 142 valence electrons. The van der Waals surface area contributed by atoms with E-state index in [0.717, 1.165) is 55.1 Å². The summed E-state index contributed by atoms with van der Waals surface area (Å²) in [6.07, 6.45) is 5.54. The van der Waals surface area contributed by atoms with Gasteiger partial charge < -0.3 is 20.3 Å². The highest BCUT2D eigenvalue weighted by molar-refractivity contribution is 5.68. The first kappa shape index (κ1) is 16.1. The molecule has 2 N–H and O–H groups in total. The number of nitrogens with zero attached hydrogens (tertiary/aromatic N) is 6. The van der Waals surface area contributed by atoms with E-state index in [9.17, 15) is 5.26 Å². The maximum Gasteiger partial charge on any atom is 0.228 e. The van der Waals surface area contributed by atoms with Gasteiger partial charge in [-0.15, -0.1) is 0 Å². The quantitative estimate of drug-likeness (QED) is 0.862. The Hall–Kier alpha value is -2.92. The van der Waals surface area contributed by atoms with Gasteiger partial charge in [0.15, 0.2) is 0 Å². The highest BCUT2D eigenvalue weighted by atomic mass is 16.5. The number of morpholine rings is 1. The molecule has 4 saturated heterocycles. The van der Waals surface area contributed by atoms with Gasteiger partial charge in [-0.25, -0.2) is 9.97 Å². The minimum Gasteiger partial charge on any atom is -0.383 e. The summed E-state index contributed by atoms with van der Waals surface area (Å²) < 4.78 is 5.76. The fourth-order valence-electron chi connectivity index (χ4n) is 5.01. The standard InChI is InChI=1S/C20H21N7O/c21-6-12-3-13(7-23-19(12)22)17-5-18(26-9-16-4-15(26)10-28-16)25-20(24-17)27-8-11-1-14(27)2-11/h3,5,7,11,14-16H,1-2,4,8-10H2,(H2,22,23). The van der Waals surface area contributed by atoms with Gasteiger partial charge >= 0.3 is 0 Å². The smallest absolute Gasteiger partial charge is 0.228 e. The number of nitriles is 1. The second-order valence-corrected chi connectivity index (χ2v) is 8.32. The van der Waals surface area contributed by atoms with Crippen LogP contribution in [0, 0.1) is 17.2 Å². The molecule has 2 atom stereocenters. The lowest BCUT2D eigenvalue weighted by molar-refractivity contribution is 0.0989. The molecule has 5 aliphatic rings. The molecule has 2 unspecified atom stereocenters. The molecule has 4 aliphatic heterocycles. The molecule has 1 saturated carbocycles. The third-order valence-corrected chi connectivity index (χ3v) is 6.59. The number of rotatable bonds is 3. The summed E-state index contributed by atoms with van der Waals surface area (Å²) in [5.74, 6) is 2.75. The molecule has 1 aliphatic carbocycles. The second-order valence-electron chi connectivity index (χ2n) is 8.32. The number of fused-ring (bicyclic) bond motifs is 3. The van der Waals surface area contributed by atoms with Crippen LogP contribution in [0.4, 0.5) is 17.6 Å². The van der Waals surface area contributed by atoms with Gasteiger partial charge in [0, 0.05) is 37.0 Å². The second kappa shape index (κ2) is 5.79. The van der Waals surface area contributed by atoms with Gasteiger partial charge in [-0.05, 0) is 31.2 Å². The Kier molecular flexibility index (Phi) is 3.32. The van der Waals surface area contributed by atoms with Crippen LogP contribution in [-0.2, 0) is 4.74 Å². The Morgan fingerprint density at radius 3 is 2.68 bits per heavy atom. The molecule has 4 bridgehead atoms. The molecular formula is C20H21N7O. The van der Waals surface area contributed by atoms with E-state index in [-0.39, 0.29) is 5.82 Å². The van der Waals surface area contributed by atoms with Gasteiger partial charge in [0.05, 0.1) is 30.0 Å². The third kappa shape index (κ3) is 2.36. The van der Waals surface area contributed by atoms with Crippen LogP contribution >= 0.6 is 0 Å². The summed E-state index contributed by atoms with van der Waals surface area (Å²) in [5.41, 5.74) is 7.76. The highest BCUT2D eigenvalue weighted by Gasteiger charge is 2.45. The highest BCUT2D eigenvalue weighted by Crippen LogP contribution is 2.43. The van der Waals surface area contributed by atoms with Gasteiger partial charge in [0.25, 0.3) is 0 Å². The molecule has 0 aromatic carbocycles. The van der Waals surface area contributed by atoms with Crippen molar-refractivity contribution in [3.05, 3.63) is 23.9 Å². The molecule has 0 spiro atoms. The Labute approximate surface area is 163 Å². The van der Waals surface area contributed by atoms with Crippen LogP contribution in [0.25, 0.3) is 11.3 Å². The van der Waals surface area contributed by atoms with Crippen LogP contribution in [0.15, 0.2) is 18.3 Å². The number of hydrogen-bond donors (Lipinski definition) is 1. The average Bonchev–Trinajstić information content (AvgIpc) is 3.47. The number of hydrogen-bond acceptors (Lipinski definition) is 8. The normalized spacial score (nSPS) is 29.8. The van der Waals surface area contributed by atoms with Crippen LogP contribution in [0.1, 0.15) is 24.8 Å². The maximum absolute atomic E-state index is 9.32. The molecule has 8 nitrogen and oxygen atoms in total. The van der Waals surface area contributed by atoms with Gasteiger partial charge in [-0.1, -0.05) is 0 Å². The lowest BCUT2D eigenvalue weighted by atomic mass is 9.86. The van der Waals surface area contributed by atoms with Crippen LogP contribution in [0.2, 0.25) is 0 Å². The van der Waals surface area contributed by atoms with E-state index in [0.29, 0.717) is 23.8 Å². The molecule has 6 heterocycles. The summed E-state index contributed by atoms with van der Waals surface area (Å²) in [6.45, 7) is 2.66. The average molecular weight is 375 g/mol.